The molecule has 3 rings (SSSR count). The number of benzene rings is 3. The monoisotopic (exact) mass is 360 g/mol. The number of ether oxygens (including phenoxy) is 1. The zero-order chi connectivity index (χ0) is 18.9. The Morgan fingerprint density at radius 1 is 0.926 bits per heavy atom. The van der Waals surface area contributed by atoms with Gasteiger partial charge in [-0.3, -0.25) is 0 Å². The van der Waals surface area contributed by atoms with Crippen molar-refractivity contribution < 1.29 is 14.0 Å². The number of hydrogen-bond donors (Lipinski definition) is 0. The third kappa shape index (κ3) is 5.16. The lowest BCUT2D eigenvalue weighted by atomic mass is 10.1. The van der Waals surface area contributed by atoms with Gasteiger partial charge in [0.15, 0.2) is 0 Å². The standard InChI is InChI=1S/C22H17FN2O2/c23-22-11-4-3-9-20(22)15-26-21-10-5-6-17(12-21)14-25-27-16-19-8-2-1-7-18(19)13-24/h1-12,14H,15-16H2/b25-14-. The molecule has 0 atom stereocenters. The van der Waals surface area contributed by atoms with Crippen LogP contribution >= 0.6 is 0 Å². The van der Waals surface area contributed by atoms with Crippen LogP contribution in [0, 0.1) is 17.1 Å². The predicted molar refractivity (Wildman–Crippen MR) is 101 cm³/mol. The van der Waals surface area contributed by atoms with Gasteiger partial charge in [0, 0.05) is 11.1 Å². The Labute approximate surface area is 157 Å². The maximum Gasteiger partial charge on any atom is 0.143 e. The van der Waals surface area contributed by atoms with Crippen molar-refractivity contribution in [2.24, 2.45) is 5.16 Å². The summed E-state index contributed by atoms with van der Waals surface area (Å²) in [6, 6.07) is 23.1. The van der Waals surface area contributed by atoms with Crippen LogP contribution in [0.25, 0.3) is 0 Å². The first-order valence-electron chi connectivity index (χ1n) is 8.36. The third-order valence-electron chi connectivity index (χ3n) is 3.84. The van der Waals surface area contributed by atoms with E-state index in [1.54, 1.807) is 48.7 Å². The highest BCUT2D eigenvalue weighted by molar-refractivity contribution is 5.79. The Hall–Kier alpha value is -3.65. The molecule has 5 heteroatoms. The van der Waals surface area contributed by atoms with E-state index in [0.29, 0.717) is 16.9 Å². The topological polar surface area (TPSA) is 54.6 Å². The van der Waals surface area contributed by atoms with Gasteiger partial charge in [0.1, 0.15) is 24.8 Å². The molecule has 0 aliphatic rings. The highest BCUT2D eigenvalue weighted by Gasteiger charge is 2.03. The molecule has 0 aromatic heterocycles. The van der Waals surface area contributed by atoms with Crippen LogP contribution in [0.3, 0.4) is 0 Å². The second kappa shape index (κ2) is 9.16. The number of nitriles is 1. The minimum absolute atomic E-state index is 0.148. The van der Waals surface area contributed by atoms with Crippen LogP contribution < -0.4 is 4.74 Å². The molecule has 3 aromatic carbocycles. The van der Waals surface area contributed by atoms with Gasteiger partial charge in [0.2, 0.25) is 0 Å². The lowest BCUT2D eigenvalue weighted by molar-refractivity contribution is 0.132. The summed E-state index contributed by atoms with van der Waals surface area (Å²) in [6.07, 6.45) is 1.56. The van der Waals surface area contributed by atoms with E-state index in [1.165, 1.54) is 6.07 Å². The molecule has 0 heterocycles. The van der Waals surface area contributed by atoms with E-state index in [2.05, 4.69) is 11.2 Å². The van der Waals surface area contributed by atoms with Crippen molar-refractivity contribution in [2.45, 2.75) is 13.2 Å². The largest absolute Gasteiger partial charge is 0.489 e. The molecule has 0 saturated carbocycles. The second-order valence-electron chi connectivity index (χ2n) is 5.73. The molecule has 3 aromatic rings. The van der Waals surface area contributed by atoms with Gasteiger partial charge in [-0.15, -0.1) is 0 Å². The summed E-state index contributed by atoms with van der Waals surface area (Å²) >= 11 is 0. The molecule has 0 fully saturated rings. The number of hydrogen-bond acceptors (Lipinski definition) is 4. The maximum absolute atomic E-state index is 13.6. The van der Waals surface area contributed by atoms with E-state index in [1.807, 2.05) is 24.3 Å². The van der Waals surface area contributed by atoms with E-state index in [0.717, 1.165) is 11.1 Å². The van der Waals surface area contributed by atoms with Crippen molar-refractivity contribution in [1.82, 2.24) is 0 Å². The molecular weight excluding hydrogens is 343 g/mol. The lowest BCUT2D eigenvalue weighted by Gasteiger charge is -2.07. The first kappa shape index (κ1) is 18.2. The molecule has 0 radical (unpaired) electrons. The van der Waals surface area contributed by atoms with Crippen molar-refractivity contribution in [3.8, 4) is 11.8 Å². The van der Waals surface area contributed by atoms with Gasteiger partial charge in [-0.1, -0.05) is 53.7 Å². The van der Waals surface area contributed by atoms with Crippen LogP contribution in [-0.2, 0) is 18.1 Å². The Kier molecular flexibility index (Phi) is 6.16. The number of halogens is 1. The number of oxime groups is 1. The van der Waals surface area contributed by atoms with E-state index >= 15 is 0 Å². The zero-order valence-electron chi connectivity index (χ0n) is 14.5. The molecule has 0 spiro atoms. The highest BCUT2D eigenvalue weighted by Crippen LogP contribution is 2.16. The average molecular weight is 360 g/mol. The van der Waals surface area contributed by atoms with Crippen molar-refractivity contribution in [3.05, 3.63) is 101 Å². The van der Waals surface area contributed by atoms with Gasteiger partial charge >= 0.3 is 0 Å². The molecular formula is C22H17FN2O2. The average Bonchev–Trinajstić information content (AvgIpc) is 2.71. The molecule has 0 aliphatic heterocycles. The van der Waals surface area contributed by atoms with Gasteiger partial charge in [-0.2, -0.15) is 5.26 Å². The Morgan fingerprint density at radius 2 is 1.70 bits per heavy atom. The van der Waals surface area contributed by atoms with E-state index in [9.17, 15) is 4.39 Å². The van der Waals surface area contributed by atoms with Crippen LogP contribution in [0.4, 0.5) is 4.39 Å². The molecule has 0 unspecified atom stereocenters. The quantitative estimate of drug-likeness (QED) is 0.448. The van der Waals surface area contributed by atoms with Crippen LogP contribution in [0.5, 0.6) is 5.75 Å². The predicted octanol–water partition coefficient (Wildman–Crippen LogP) is 4.83. The fourth-order valence-electron chi connectivity index (χ4n) is 2.42. The molecule has 0 saturated heterocycles. The van der Waals surface area contributed by atoms with Crippen LogP contribution in [0.15, 0.2) is 78.0 Å². The van der Waals surface area contributed by atoms with Crippen molar-refractivity contribution in [3.63, 3.8) is 0 Å². The minimum Gasteiger partial charge on any atom is -0.489 e. The summed E-state index contributed by atoms with van der Waals surface area (Å²) in [5, 5.41) is 13.0. The second-order valence-corrected chi connectivity index (χ2v) is 5.73. The molecule has 0 bridgehead atoms. The summed E-state index contributed by atoms with van der Waals surface area (Å²) in [5.41, 5.74) is 2.63. The molecule has 0 N–H and O–H groups in total. The molecule has 4 nitrogen and oxygen atoms in total. The van der Waals surface area contributed by atoms with Crippen LogP contribution in [-0.4, -0.2) is 6.21 Å². The number of rotatable bonds is 7. The fraction of sp³-hybridized carbons (Fsp3) is 0.0909. The first-order chi connectivity index (χ1) is 13.3. The van der Waals surface area contributed by atoms with Crippen molar-refractivity contribution >= 4 is 6.21 Å². The van der Waals surface area contributed by atoms with Gasteiger partial charge < -0.3 is 9.57 Å². The Morgan fingerprint density at radius 3 is 2.52 bits per heavy atom. The smallest absolute Gasteiger partial charge is 0.143 e. The summed E-state index contributed by atoms with van der Waals surface area (Å²) in [6.45, 7) is 0.360. The van der Waals surface area contributed by atoms with E-state index in [4.69, 9.17) is 14.8 Å². The SMILES string of the molecule is N#Cc1ccccc1CO/N=C\c1cccc(OCc2ccccc2F)c1. The van der Waals surface area contributed by atoms with Crippen LogP contribution in [0.1, 0.15) is 22.3 Å². The third-order valence-corrected chi connectivity index (χ3v) is 3.84. The van der Waals surface area contributed by atoms with Crippen LogP contribution in [0.2, 0.25) is 0 Å². The van der Waals surface area contributed by atoms with E-state index in [-0.39, 0.29) is 19.0 Å². The summed E-state index contributed by atoms with van der Waals surface area (Å²) in [4.78, 5) is 5.28. The van der Waals surface area contributed by atoms with Crippen molar-refractivity contribution in [2.75, 3.05) is 0 Å². The molecule has 134 valence electrons. The van der Waals surface area contributed by atoms with Crippen molar-refractivity contribution in [1.29, 1.82) is 5.26 Å². The summed E-state index contributed by atoms with van der Waals surface area (Å²) < 4.78 is 19.3. The lowest BCUT2D eigenvalue weighted by Crippen LogP contribution is -1.98. The minimum atomic E-state index is -0.290. The van der Waals surface area contributed by atoms with E-state index < -0.39 is 0 Å². The highest BCUT2D eigenvalue weighted by atomic mass is 19.1. The van der Waals surface area contributed by atoms with Gasteiger partial charge in [0.25, 0.3) is 0 Å². The summed E-state index contributed by atoms with van der Waals surface area (Å²) in [5.74, 6) is 0.318. The molecule has 27 heavy (non-hydrogen) atoms. The Bertz CT molecular complexity index is 980. The molecule has 0 amide bonds. The fourth-order valence-corrected chi connectivity index (χ4v) is 2.42. The normalized spacial score (nSPS) is 10.5. The summed E-state index contributed by atoms with van der Waals surface area (Å²) in [7, 11) is 0. The molecule has 0 aliphatic carbocycles. The zero-order valence-corrected chi connectivity index (χ0v) is 14.5. The number of nitrogens with zero attached hydrogens (tertiary/aromatic N) is 2. The van der Waals surface area contributed by atoms with Gasteiger partial charge in [-0.05, 0) is 29.8 Å². The first-order valence-corrected chi connectivity index (χ1v) is 8.36. The Balaban J connectivity index is 1.56. The maximum atomic E-state index is 13.6. The van der Waals surface area contributed by atoms with Gasteiger partial charge in [-0.25, -0.2) is 4.39 Å². The van der Waals surface area contributed by atoms with Gasteiger partial charge in [0.05, 0.1) is 17.8 Å².